The largest absolute Gasteiger partial charge is 0.481 e. The van der Waals surface area contributed by atoms with Gasteiger partial charge in [0.15, 0.2) is 5.69 Å². The van der Waals surface area contributed by atoms with Gasteiger partial charge in [-0.25, -0.2) is 4.68 Å². The molecule has 1 aromatic heterocycles. The zero-order valence-electron chi connectivity index (χ0n) is 14.6. The van der Waals surface area contributed by atoms with E-state index in [1.54, 1.807) is 4.90 Å². The minimum absolute atomic E-state index is 0.125. The maximum absolute atomic E-state index is 12.8. The Morgan fingerprint density at radius 2 is 1.80 bits per heavy atom. The normalized spacial score (nSPS) is 15.6. The summed E-state index contributed by atoms with van der Waals surface area (Å²) in [5.74, 6) is -1.02. The number of likely N-dealkylation sites (tertiary alicyclic amines) is 1. The fraction of sp³-hybridized carbons (Fsp3) is 0.421. The Hall–Kier alpha value is -2.63. The number of carbonyl (C=O) groups is 2. The zero-order valence-corrected chi connectivity index (χ0v) is 14.6. The number of hydrogen-bond donors (Lipinski definition) is 1. The molecule has 1 saturated heterocycles. The summed E-state index contributed by atoms with van der Waals surface area (Å²) in [7, 11) is 0. The van der Waals surface area contributed by atoms with Crippen molar-refractivity contribution in [3.05, 3.63) is 47.8 Å². The molecule has 0 bridgehead atoms. The maximum Gasteiger partial charge on any atom is 0.306 e. The summed E-state index contributed by atoms with van der Waals surface area (Å²) >= 11 is 0. The number of amides is 1. The zero-order chi connectivity index (χ0) is 18.0. The van der Waals surface area contributed by atoms with E-state index >= 15 is 0 Å². The minimum Gasteiger partial charge on any atom is -0.481 e. The molecule has 0 aliphatic carbocycles. The third-order valence-electron chi connectivity index (χ3n) is 4.68. The van der Waals surface area contributed by atoms with Crippen molar-refractivity contribution in [3.8, 4) is 5.69 Å². The van der Waals surface area contributed by atoms with Crippen LogP contribution in [0.3, 0.4) is 0 Å². The fourth-order valence-corrected chi connectivity index (χ4v) is 3.18. The monoisotopic (exact) mass is 341 g/mol. The van der Waals surface area contributed by atoms with Crippen molar-refractivity contribution in [2.24, 2.45) is 5.92 Å². The summed E-state index contributed by atoms with van der Waals surface area (Å²) < 4.78 is 1.82. The smallest absolute Gasteiger partial charge is 0.306 e. The first-order chi connectivity index (χ1) is 12.0. The molecule has 0 unspecified atom stereocenters. The Kier molecular flexibility index (Phi) is 4.88. The third-order valence-corrected chi connectivity index (χ3v) is 4.68. The van der Waals surface area contributed by atoms with Crippen LogP contribution in [0.5, 0.6) is 0 Å². The predicted molar refractivity (Wildman–Crippen MR) is 93.9 cm³/mol. The van der Waals surface area contributed by atoms with Crippen LogP contribution in [0.2, 0.25) is 0 Å². The lowest BCUT2D eigenvalue weighted by molar-refractivity contribution is -0.143. The van der Waals surface area contributed by atoms with Crippen LogP contribution in [-0.4, -0.2) is 44.8 Å². The number of carbonyl (C=O) groups excluding carboxylic acids is 1. The summed E-state index contributed by atoms with van der Waals surface area (Å²) in [5.41, 5.74) is 2.33. The van der Waals surface area contributed by atoms with Crippen LogP contribution in [0.4, 0.5) is 0 Å². The Morgan fingerprint density at radius 1 is 1.16 bits per heavy atom. The lowest BCUT2D eigenvalue weighted by Gasteiger charge is -2.29. The van der Waals surface area contributed by atoms with E-state index in [0.29, 0.717) is 31.6 Å². The molecule has 0 saturated carbocycles. The Labute approximate surface area is 147 Å². The second-order valence-corrected chi connectivity index (χ2v) is 6.76. The van der Waals surface area contributed by atoms with Crippen LogP contribution in [0, 0.1) is 5.92 Å². The van der Waals surface area contributed by atoms with Gasteiger partial charge in [-0.2, -0.15) is 5.10 Å². The quantitative estimate of drug-likeness (QED) is 0.928. The van der Waals surface area contributed by atoms with Gasteiger partial charge in [-0.1, -0.05) is 32.0 Å². The number of aliphatic carboxylic acids is 1. The van der Waals surface area contributed by atoms with Crippen molar-refractivity contribution >= 4 is 11.9 Å². The fourth-order valence-electron chi connectivity index (χ4n) is 3.18. The lowest BCUT2D eigenvalue weighted by Crippen LogP contribution is -2.40. The summed E-state index contributed by atoms with van der Waals surface area (Å²) in [5, 5.41) is 13.6. The molecule has 132 valence electrons. The molecule has 3 rings (SSSR count). The van der Waals surface area contributed by atoms with Crippen LogP contribution in [0.25, 0.3) is 5.69 Å². The van der Waals surface area contributed by atoms with E-state index in [0.717, 1.165) is 11.4 Å². The number of nitrogens with zero attached hydrogens (tertiary/aromatic N) is 3. The number of rotatable bonds is 4. The summed E-state index contributed by atoms with van der Waals surface area (Å²) in [4.78, 5) is 25.6. The Morgan fingerprint density at radius 3 is 2.36 bits per heavy atom. The Bertz CT molecular complexity index is 759. The van der Waals surface area contributed by atoms with Gasteiger partial charge in [0.05, 0.1) is 11.6 Å². The van der Waals surface area contributed by atoms with Gasteiger partial charge in [0.1, 0.15) is 0 Å². The molecule has 2 aromatic rings. The molecule has 2 heterocycles. The molecule has 0 spiro atoms. The maximum atomic E-state index is 12.8. The van der Waals surface area contributed by atoms with E-state index in [9.17, 15) is 9.59 Å². The van der Waals surface area contributed by atoms with Crippen LogP contribution in [0.1, 0.15) is 48.8 Å². The average Bonchev–Trinajstić information content (AvgIpc) is 3.07. The van der Waals surface area contributed by atoms with Crippen molar-refractivity contribution in [1.29, 1.82) is 0 Å². The van der Waals surface area contributed by atoms with Crippen molar-refractivity contribution in [1.82, 2.24) is 14.7 Å². The number of carboxylic acid groups (broad SMARTS) is 1. The molecule has 6 nitrogen and oxygen atoms in total. The molecule has 1 aliphatic heterocycles. The summed E-state index contributed by atoms with van der Waals surface area (Å²) in [6.45, 7) is 5.07. The molecular formula is C19H23N3O3. The molecule has 6 heteroatoms. The first-order valence-corrected chi connectivity index (χ1v) is 8.65. The number of carboxylic acids is 1. The molecule has 1 aliphatic rings. The number of para-hydroxylation sites is 1. The van der Waals surface area contributed by atoms with Gasteiger partial charge in [-0.15, -0.1) is 0 Å². The number of piperidine rings is 1. The third kappa shape index (κ3) is 3.57. The van der Waals surface area contributed by atoms with Gasteiger partial charge < -0.3 is 10.0 Å². The topological polar surface area (TPSA) is 75.4 Å². The van der Waals surface area contributed by atoms with E-state index in [-0.39, 0.29) is 17.7 Å². The van der Waals surface area contributed by atoms with Crippen LogP contribution in [0.15, 0.2) is 36.4 Å². The molecular weight excluding hydrogens is 318 g/mol. The van der Waals surface area contributed by atoms with Crippen LogP contribution < -0.4 is 0 Å². The van der Waals surface area contributed by atoms with Crippen LogP contribution >= 0.6 is 0 Å². The van der Waals surface area contributed by atoms with Gasteiger partial charge in [0, 0.05) is 18.8 Å². The van der Waals surface area contributed by atoms with E-state index in [2.05, 4.69) is 18.9 Å². The van der Waals surface area contributed by atoms with E-state index in [1.165, 1.54) is 0 Å². The van der Waals surface area contributed by atoms with E-state index < -0.39 is 5.97 Å². The van der Waals surface area contributed by atoms with Gasteiger partial charge in [-0.3, -0.25) is 9.59 Å². The molecule has 0 atom stereocenters. The highest BCUT2D eigenvalue weighted by Gasteiger charge is 2.29. The van der Waals surface area contributed by atoms with Gasteiger partial charge in [-0.05, 0) is 37.0 Å². The van der Waals surface area contributed by atoms with Gasteiger partial charge in [0.25, 0.3) is 5.91 Å². The Balaban J connectivity index is 1.83. The number of benzene rings is 1. The highest BCUT2D eigenvalue weighted by Crippen LogP contribution is 2.23. The van der Waals surface area contributed by atoms with E-state index in [4.69, 9.17) is 5.11 Å². The molecule has 1 amide bonds. The molecule has 25 heavy (non-hydrogen) atoms. The lowest BCUT2D eigenvalue weighted by atomic mass is 9.97. The molecule has 0 radical (unpaired) electrons. The average molecular weight is 341 g/mol. The number of hydrogen-bond acceptors (Lipinski definition) is 3. The first kappa shape index (κ1) is 17.2. The summed E-state index contributed by atoms with van der Waals surface area (Å²) in [6.07, 6.45) is 0.995. The van der Waals surface area contributed by atoms with Crippen LogP contribution in [-0.2, 0) is 4.79 Å². The number of aromatic nitrogens is 2. The highest BCUT2D eigenvalue weighted by atomic mass is 16.4. The van der Waals surface area contributed by atoms with Crippen molar-refractivity contribution in [2.75, 3.05) is 13.1 Å². The predicted octanol–water partition coefficient (Wildman–Crippen LogP) is 2.93. The highest BCUT2D eigenvalue weighted by molar-refractivity contribution is 5.92. The molecule has 1 fully saturated rings. The summed E-state index contributed by atoms with van der Waals surface area (Å²) in [6, 6.07) is 11.6. The first-order valence-electron chi connectivity index (χ1n) is 8.65. The minimum atomic E-state index is -0.775. The van der Waals surface area contributed by atoms with Gasteiger partial charge >= 0.3 is 5.97 Å². The van der Waals surface area contributed by atoms with Crippen molar-refractivity contribution in [3.63, 3.8) is 0 Å². The van der Waals surface area contributed by atoms with Crippen molar-refractivity contribution < 1.29 is 14.7 Å². The molecule has 1 aromatic carbocycles. The second-order valence-electron chi connectivity index (χ2n) is 6.76. The van der Waals surface area contributed by atoms with E-state index in [1.807, 2.05) is 41.1 Å². The second kappa shape index (κ2) is 7.09. The SMILES string of the molecule is CC(C)c1cc(C(=O)N2CCC(C(=O)O)CC2)nn1-c1ccccc1. The van der Waals surface area contributed by atoms with Crippen molar-refractivity contribution in [2.45, 2.75) is 32.6 Å². The molecule has 1 N–H and O–H groups in total. The van der Waals surface area contributed by atoms with Gasteiger partial charge in [0.2, 0.25) is 0 Å². The standard InChI is InChI=1S/C19H23N3O3/c1-13(2)17-12-16(20-22(17)15-6-4-3-5-7-15)18(23)21-10-8-14(9-11-21)19(24)25/h3-7,12-14H,8-11H2,1-2H3,(H,24,25).